The summed E-state index contributed by atoms with van der Waals surface area (Å²) >= 11 is 0. The standard InChI is InChI=1S/C47H85NO7/c1-6-8-10-12-14-16-18-20-22-23-24-26-27-29-31-33-35-37-45(49)54-42-43(41-53-40-39-44(47(51)52)48(3,4)5)55-46(50)38-36-34-32-30-28-25-21-19-17-15-13-11-9-7-2/h9,11,15,17,20,22,43-44H,6-8,10,12-14,16,18-19,21,23-42H2,1-5H3/p+1/b11-9+,17-15+,22-20+. The molecule has 2 atom stereocenters. The Labute approximate surface area is 338 Å². The summed E-state index contributed by atoms with van der Waals surface area (Å²) in [7, 11) is 5.52. The first-order chi connectivity index (χ1) is 26.6. The zero-order valence-electron chi connectivity index (χ0n) is 36.4. The minimum atomic E-state index is -0.877. The Morgan fingerprint density at radius 2 is 1.02 bits per heavy atom. The van der Waals surface area contributed by atoms with Crippen molar-refractivity contribution >= 4 is 17.9 Å². The van der Waals surface area contributed by atoms with Gasteiger partial charge in [-0.2, -0.15) is 0 Å². The van der Waals surface area contributed by atoms with Crippen LogP contribution in [0, 0.1) is 0 Å². The van der Waals surface area contributed by atoms with E-state index in [2.05, 4.69) is 50.3 Å². The fourth-order valence-corrected chi connectivity index (χ4v) is 6.54. The fourth-order valence-electron chi connectivity index (χ4n) is 6.54. The van der Waals surface area contributed by atoms with E-state index in [1.54, 1.807) is 0 Å². The summed E-state index contributed by atoms with van der Waals surface area (Å²) in [5.41, 5.74) is 0. The van der Waals surface area contributed by atoms with E-state index in [0.717, 1.165) is 57.8 Å². The summed E-state index contributed by atoms with van der Waals surface area (Å²) < 4.78 is 17.3. The highest BCUT2D eigenvalue weighted by molar-refractivity contribution is 5.72. The Morgan fingerprint density at radius 3 is 1.51 bits per heavy atom. The molecule has 0 spiro atoms. The minimum Gasteiger partial charge on any atom is -0.477 e. The molecule has 0 aromatic heterocycles. The molecular weight excluding hydrogens is 691 g/mol. The number of ether oxygens (including phenoxy) is 3. The van der Waals surface area contributed by atoms with Crippen molar-refractivity contribution in [2.24, 2.45) is 0 Å². The second kappa shape index (κ2) is 38.4. The zero-order chi connectivity index (χ0) is 40.7. The molecule has 0 saturated carbocycles. The molecule has 0 radical (unpaired) electrons. The molecule has 0 rings (SSSR count). The predicted molar refractivity (Wildman–Crippen MR) is 229 cm³/mol. The molecule has 1 N–H and O–H groups in total. The molecule has 0 aliphatic rings. The van der Waals surface area contributed by atoms with Crippen LogP contribution in [0.5, 0.6) is 0 Å². The second-order valence-electron chi connectivity index (χ2n) is 16.3. The van der Waals surface area contributed by atoms with Crippen LogP contribution in [0.4, 0.5) is 0 Å². The van der Waals surface area contributed by atoms with E-state index >= 15 is 0 Å². The normalized spacial score (nSPS) is 13.3. The first kappa shape index (κ1) is 52.6. The predicted octanol–water partition coefficient (Wildman–Crippen LogP) is 12.2. The van der Waals surface area contributed by atoms with Gasteiger partial charge in [0.05, 0.1) is 34.4 Å². The number of carbonyl (C=O) groups excluding carboxylic acids is 2. The lowest BCUT2D eigenvalue weighted by Gasteiger charge is -2.31. The zero-order valence-corrected chi connectivity index (χ0v) is 36.4. The molecule has 0 aromatic carbocycles. The van der Waals surface area contributed by atoms with Crippen molar-refractivity contribution in [3.8, 4) is 0 Å². The molecule has 2 unspecified atom stereocenters. The summed E-state index contributed by atoms with van der Waals surface area (Å²) in [6.07, 6.45) is 43.2. The van der Waals surface area contributed by atoms with Crippen molar-refractivity contribution in [3.63, 3.8) is 0 Å². The van der Waals surface area contributed by atoms with Crippen LogP contribution in [-0.2, 0) is 28.6 Å². The maximum atomic E-state index is 12.7. The van der Waals surface area contributed by atoms with Crippen LogP contribution in [0.2, 0.25) is 0 Å². The molecule has 320 valence electrons. The average molecular weight is 777 g/mol. The van der Waals surface area contributed by atoms with Crippen molar-refractivity contribution in [3.05, 3.63) is 36.5 Å². The number of nitrogens with zero attached hydrogens (tertiary/aromatic N) is 1. The number of allylic oxidation sites excluding steroid dienone is 6. The molecule has 0 heterocycles. The van der Waals surface area contributed by atoms with E-state index in [-0.39, 0.29) is 36.2 Å². The van der Waals surface area contributed by atoms with Gasteiger partial charge in [-0.25, -0.2) is 4.79 Å². The summed E-state index contributed by atoms with van der Waals surface area (Å²) in [5, 5.41) is 9.62. The van der Waals surface area contributed by atoms with Crippen LogP contribution < -0.4 is 0 Å². The molecule has 0 aliphatic carbocycles. The number of aliphatic carboxylic acids is 1. The van der Waals surface area contributed by atoms with E-state index in [1.807, 2.05) is 21.1 Å². The number of unbranched alkanes of at least 4 members (excludes halogenated alkanes) is 20. The number of carbonyl (C=O) groups is 3. The monoisotopic (exact) mass is 777 g/mol. The van der Waals surface area contributed by atoms with Gasteiger partial charge < -0.3 is 23.8 Å². The number of hydrogen-bond donors (Lipinski definition) is 1. The van der Waals surface area contributed by atoms with Gasteiger partial charge in [0.15, 0.2) is 12.1 Å². The van der Waals surface area contributed by atoms with Crippen molar-refractivity contribution in [1.29, 1.82) is 0 Å². The molecule has 0 saturated heterocycles. The summed E-state index contributed by atoms with van der Waals surface area (Å²) in [4.78, 5) is 37.0. The van der Waals surface area contributed by atoms with Gasteiger partial charge >= 0.3 is 17.9 Å². The molecule has 0 aromatic rings. The maximum absolute atomic E-state index is 12.7. The Balaban J connectivity index is 4.32. The summed E-state index contributed by atoms with van der Waals surface area (Å²) in [5.74, 6) is -1.48. The van der Waals surface area contributed by atoms with E-state index in [4.69, 9.17) is 14.2 Å². The van der Waals surface area contributed by atoms with Gasteiger partial charge in [0.1, 0.15) is 6.61 Å². The molecule has 0 aliphatic heterocycles. The van der Waals surface area contributed by atoms with Crippen LogP contribution in [0.3, 0.4) is 0 Å². The summed E-state index contributed by atoms with van der Waals surface area (Å²) in [6.45, 7) is 4.62. The van der Waals surface area contributed by atoms with Gasteiger partial charge in [-0.3, -0.25) is 9.59 Å². The van der Waals surface area contributed by atoms with Gasteiger partial charge in [-0.05, 0) is 64.2 Å². The Hall–Kier alpha value is -2.45. The Bertz CT molecular complexity index is 1000. The third-order valence-corrected chi connectivity index (χ3v) is 10.0. The first-order valence-corrected chi connectivity index (χ1v) is 22.5. The average Bonchev–Trinajstić information content (AvgIpc) is 3.14. The van der Waals surface area contributed by atoms with Crippen LogP contribution in [0.15, 0.2) is 36.5 Å². The van der Waals surface area contributed by atoms with Crippen LogP contribution in [0.1, 0.15) is 194 Å². The Morgan fingerprint density at radius 1 is 0.564 bits per heavy atom. The van der Waals surface area contributed by atoms with E-state index in [1.165, 1.54) is 103 Å². The highest BCUT2D eigenvalue weighted by atomic mass is 16.6. The Kier molecular flexibility index (Phi) is 36.7. The second-order valence-corrected chi connectivity index (χ2v) is 16.3. The van der Waals surface area contributed by atoms with E-state index in [9.17, 15) is 19.5 Å². The number of esters is 2. The molecule has 8 nitrogen and oxygen atoms in total. The number of rotatable bonds is 40. The lowest BCUT2D eigenvalue weighted by atomic mass is 10.1. The van der Waals surface area contributed by atoms with E-state index < -0.39 is 18.1 Å². The smallest absolute Gasteiger partial charge is 0.362 e. The maximum Gasteiger partial charge on any atom is 0.362 e. The number of carboxylic acids is 1. The number of hydrogen-bond acceptors (Lipinski definition) is 6. The third kappa shape index (κ3) is 36.9. The van der Waals surface area contributed by atoms with Gasteiger partial charge in [-0.1, -0.05) is 147 Å². The van der Waals surface area contributed by atoms with Gasteiger partial charge in [-0.15, -0.1) is 0 Å². The minimum absolute atomic E-state index is 0.0553. The van der Waals surface area contributed by atoms with E-state index in [0.29, 0.717) is 19.3 Å². The van der Waals surface area contributed by atoms with Crippen LogP contribution in [0.25, 0.3) is 0 Å². The molecule has 55 heavy (non-hydrogen) atoms. The van der Waals surface area contributed by atoms with Gasteiger partial charge in [0.25, 0.3) is 0 Å². The highest BCUT2D eigenvalue weighted by Crippen LogP contribution is 2.14. The number of quaternary nitrogens is 1. The van der Waals surface area contributed by atoms with Crippen LogP contribution >= 0.6 is 0 Å². The molecule has 0 fully saturated rings. The SMILES string of the molecule is CC/C=C/C/C=C/CCCCCCCCCC(=O)OC(COCCC(C(=O)O)[N+](C)(C)C)COC(=O)CCCCCCCCC/C=C/CCCCCCCC. The fraction of sp³-hybridized carbons (Fsp3) is 0.809. The molecule has 8 heteroatoms. The lowest BCUT2D eigenvalue weighted by molar-refractivity contribution is -0.887. The quantitative estimate of drug-likeness (QED) is 0.0286. The molecule has 0 amide bonds. The highest BCUT2D eigenvalue weighted by Gasteiger charge is 2.31. The van der Waals surface area contributed by atoms with Crippen LogP contribution in [-0.4, -0.2) is 80.6 Å². The van der Waals surface area contributed by atoms with Crippen molar-refractivity contribution in [2.75, 3.05) is 41.0 Å². The van der Waals surface area contributed by atoms with Crippen molar-refractivity contribution in [1.82, 2.24) is 0 Å². The van der Waals surface area contributed by atoms with Gasteiger partial charge in [0.2, 0.25) is 0 Å². The van der Waals surface area contributed by atoms with Crippen molar-refractivity contribution < 1.29 is 38.2 Å². The number of carboxylic acid groups (broad SMARTS) is 1. The van der Waals surface area contributed by atoms with Gasteiger partial charge in [0, 0.05) is 19.3 Å². The topological polar surface area (TPSA) is 99.1 Å². The summed E-state index contributed by atoms with van der Waals surface area (Å²) in [6, 6.07) is -0.615. The largest absolute Gasteiger partial charge is 0.477 e. The molecular formula is C47H86NO7+. The lowest BCUT2D eigenvalue weighted by Crippen LogP contribution is -2.50. The molecule has 0 bridgehead atoms. The third-order valence-electron chi connectivity index (χ3n) is 10.0. The van der Waals surface area contributed by atoms with Crippen molar-refractivity contribution in [2.45, 2.75) is 206 Å². The first-order valence-electron chi connectivity index (χ1n) is 22.5. The number of likely N-dealkylation sites (N-methyl/N-ethyl adjacent to an activating group) is 1.